The molecule has 0 fully saturated rings. The Labute approximate surface area is 231 Å². The second kappa shape index (κ2) is 127. The minimum absolute atomic E-state index is 0. The molecule has 0 aliphatic heterocycles. The molecule has 0 saturated heterocycles. The van der Waals surface area contributed by atoms with E-state index in [1.165, 1.54) is 0 Å². The van der Waals surface area contributed by atoms with E-state index in [0.717, 1.165) is 0 Å². The van der Waals surface area contributed by atoms with Gasteiger partial charge in [0.15, 0.2) is 0 Å². The van der Waals surface area contributed by atoms with Crippen LogP contribution in [0.5, 0.6) is 0 Å². The van der Waals surface area contributed by atoms with Crippen molar-refractivity contribution in [3.8, 4) is 0 Å². The summed E-state index contributed by atoms with van der Waals surface area (Å²) in [6, 6.07) is 0. The summed E-state index contributed by atoms with van der Waals surface area (Å²) < 4.78 is 0. The molecule has 0 saturated carbocycles. The Bertz CT molecular complexity index is 73.0. The van der Waals surface area contributed by atoms with Gasteiger partial charge < -0.3 is 115 Å². The smallest absolute Gasteiger partial charge is 0.907 e. The Kier molecular flexibility index (Phi) is 612. The Balaban J connectivity index is -0.00000000384. The van der Waals surface area contributed by atoms with Crippen molar-refractivity contribution < 1.29 is 204 Å². The molecule has 29 heavy (non-hydrogen) atoms. The summed E-state index contributed by atoms with van der Waals surface area (Å²) in [5, 5.41) is 89.8. The molecule has 0 radical (unpaired) electrons. The van der Waals surface area contributed by atoms with Crippen molar-refractivity contribution in [3.05, 3.63) is 0 Å². The molecule has 0 amide bonds. The van der Waals surface area contributed by atoms with Crippen molar-refractivity contribution in [2.45, 2.75) is 0 Å². The first-order valence-corrected chi connectivity index (χ1v) is 3.03. The van der Waals surface area contributed by atoms with Crippen LogP contribution in [0.4, 0.5) is 0 Å². The summed E-state index contributed by atoms with van der Waals surface area (Å²) in [4.78, 5) is 0. The van der Waals surface area contributed by atoms with Crippen molar-refractivity contribution >= 4 is 29.3 Å². The molecular weight excluding hydrogens is 464 g/mol. The van der Waals surface area contributed by atoms with Gasteiger partial charge in [0.1, 0.15) is 0 Å². The van der Waals surface area contributed by atoms with Crippen molar-refractivity contribution in [2.24, 2.45) is 0 Å². The maximum Gasteiger partial charge on any atom is 1.00 e. The zero-order chi connectivity index (χ0) is 14.3. The van der Waals surface area contributed by atoms with E-state index >= 15 is 0 Å². The second-order valence-corrected chi connectivity index (χ2v) is 1.33. The van der Waals surface area contributed by atoms with Crippen molar-refractivity contribution in [1.82, 2.24) is 0 Å². The Hall–Kier alpha value is 2.38. The summed E-state index contributed by atoms with van der Waals surface area (Å²) in [6.45, 7) is 0. The van der Waals surface area contributed by atoms with E-state index in [2.05, 4.69) is 0 Å². The third-order valence-electron chi connectivity index (χ3n) is 0. The minimum Gasteiger partial charge on any atom is -0.907 e. The van der Waals surface area contributed by atoms with E-state index in [1.807, 2.05) is 0 Å². The fraction of sp³-hybridized carbons (Fsp3) is 0. The van der Waals surface area contributed by atoms with Gasteiger partial charge in [0.2, 0.25) is 0 Å². The van der Waals surface area contributed by atoms with E-state index < -0.39 is 29.3 Å². The van der Waals surface area contributed by atoms with Crippen LogP contribution in [0.3, 0.4) is 0 Å². The largest absolute Gasteiger partial charge is 1.00 e. The fourth-order valence-corrected chi connectivity index (χ4v) is 0. The molecule has 29 heteroatoms. The van der Waals surface area contributed by atoms with Crippen molar-refractivity contribution in [1.29, 1.82) is 0 Å². The monoisotopic (exact) mass is 494 g/mol. The molecule has 0 bridgehead atoms. The Morgan fingerprint density at radius 1 is 0.310 bits per heavy atom. The van der Waals surface area contributed by atoms with Crippen LogP contribution in [-0.4, -0.2) is 129 Å². The number of rotatable bonds is 0. The van der Waals surface area contributed by atoms with Gasteiger partial charge in [-0.2, -0.15) is 0 Å². The standard InChI is InChI=1S/3BH3O3.BO3.3Na.10H2O/c4*2-1(3)4;;;;;;;;;;;;;/h3*2-4H;;;;;10*1H2/q;;;-3;3*+1;;;;;;;;;;. The van der Waals surface area contributed by atoms with E-state index in [4.69, 9.17) is 60.3 Å². The van der Waals surface area contributed by atoms with E-state index in [9.17, 15) is 0 Å². The third kappa shape index (κ3) is 4320. The molecule has 0 aromatic heterocycles. The van der Waals surface area contributed by atoms with Crippen molar-refractivity contribution in [3.63, 3.8) is 0 Å². The average Bonchev–Trinajstić information content (AvgIpc) is 1.76. The summed E-state index contributed by atoms with van der Waals surface area (Å²) in [7, 11) is -9.42. The summed E-state index contributed by atoms with van der Waals surface area (Å²) in [6.07, 6.45) is 0. The Morgan fingerprint density at radius 3 is 0.310 bits per heavy atom. The molecule has 29 N–H and O–H groups in total. The first-order chi connectivity index (χ1) is 6.93. The summed E-state index contributed by atoms with van der Waals surface area (Å²) in [5.41, 5.74) is 0. The molecule has 0 aliphatic rings. The predicted molar refractivity (Wildman–Crippen MR) is 79.1 cm³/mol. The molecule has 0 heterocycles. The SMILES string of the molecule is O.O.O.O.O.O.O.O.O.O.OB(O)O.OB(O)O.OB(O)O.[Na+].[Na+].[Na+].[O-]B([O-])[O-]. The van der Waals surface area contributed by atoms with Crippen LogP contribution >= 0.6 is 0 Å². The van der Waals surface area contributed by atoms with Crippen LogP contribution in [0, 0.1) is 0 Å². The maximum atomic E-state index is 8.42. The second-order valence-electron chi connectivity index (χ2n) is 1.33. The van der Waals surface area contributed by atoms with Gasteiger partial charge in [-0.3, -0.25) is 7.32 Å². The molecule has 0 aliphatic carbocycles. The van der Waals surface area contributed by atoms with Crippen LogP contribution in [-0.2, 0) is 0 Å². The van der Waals surface area contributed by atoms with Crippen LogP contribution in [0.1, 0.15) is 0 Å². The van der Waals surface area contributed by atoms with Gasteiger partial charge in [-0.1, -0.05) is 0 Å². The van der Waals surface area contributed by atoms with Gasteiger partial charge in [0, 0.05) is 0 Å². The molecule has 0 spiro atoms. The first-order valence-electron chi connectivity index (χ1n) is 3.03. The molecule has 0 rings (SSSR count). The Morgan fingerprint density at radius 2 is 0.310 bits per heavy atom. The minimum atomic E-state index is -2.92. The quantitative estimate of drug-likeness (QED) is 0.142. The molecule has 0 aromatic carbocycles. The summed E-state index contributed by atoms with van der Waals surface area (Å²) >= 11 is 0. The molecule has 0 unspecified atom stereocenters. The molecule has 176 valence electrons. The normalized spacial score (nSPS) is 3.72. The van der Waals surface area contributed by atoms with E-state index in [1.54, 1.807) is 0 Å². The topological polar surface area (TPSA) is 566 Å². The molecular formula is H29B4Na3O22. The van der Waals surface area contributed by atoms with E-state index in [-0.39, 0.29) is 143 Å². The zero-order valence-corrected chi connectivity index (χ0v) is 21.6. The zero-order valence-electron chi connectivity index (χ0n) is 15.6. The number of hydrogen-bond acceptors (Lipinski definition) is 12. The van der Waals surface area contributed by atoms with Gasteiger partial charge in [-0.05, 0) is 0 Å². The van der Waals surface area contributed by atoms with E-state index in [0.29, 0.717) is 0 Å². The van der Waals surface area contributed by atoms with Gasteiger partial charge in [0.25, 0.3) is 0 Å². The average molecular weight is 493 g/mol. The van der Waals surface area contributed by atoms with Crippen LogP contribution < -0.4 is 104 Å². The van der Waals surface area contributed by atoms with Gasteiger partial charge >= 0.3 is 111 Å². The maximum absolute atomic E-state index is 8.42. The van der Waals surface area contributed by atoms with Crippen molar-refractivity contribution in [2.75, 3.05) is 0 Å². The van der Waals surface area contributed by atoms with Crippen LogP contribution in [0.25, 0.3) is 0 Å². The van der Waals surface area contributed by atoms with Gasteiger partial charge in [-0.15, -0.1) is 0 Å². The molecule has 0 atom stereocenters. The van der Waals surface area contributed by atoms with Crippen LogP contribution in [0.2, 0.25) is 0 Å². The van der Waals surface area contributed by atoms with Gasteiger partial charge in [-0.25, -0.2) is 0 Å². The van der Waals surface area contributed by atoms with Crippen LogP contribution in [0.15, 0.2) is 0 Å². The predicted octanol–water partition coefficient (Wildman–Crippen LogP) is -27.3. The molecule has 22 nitrogen and oxygen atoms in total. The van der Waals surface area contributed by atoms with Gasteiger partial charge in [0.05, 0.1) is 0 Å². The fourth-order valence-electron chi connectivity index (χ4n) is 0. The third-order valence-corrected chi connectivity index (χ3v) is 0. The first kappa shape index (κ1) is 140. The summed E-state index contributed by atoms with van der Waals surface area (Å²) in [5.74, 6) is 0. The number of hydrogen-bond donors (Lipinski definition) is 9. The molecule has 0 aromatic rings.